The zero-order valence-electron chi connectivity index (χ0n) is 30.2. The van der Waals surface area contributed by atoms with Crippen LogP contribution in [-0.4, -0.2) is 76.3 Å². The van der Waals surface area contributed by atoms with Gasteiger partial charge in [0.2, 0.25) is 0 Å². The van der Waals surface area contributed by atoms with Crippen molar-refractivity contribution >= 4 is 96.1 Å². The summed E-state index contributed by atoms with van der Waals surface area (Å²) in [4.78, 5) is -3.06. The van der Waals surface area contributed by atoms with E-state index in [0.29, 0.717) is 0 Å². The minimum atomic E-state index is -5.07. The molecule has 26 heteroatoms. The van der Waals surface area contributed by atoms with E-state index in [9.17, 15) is 62.1 Å². The van der Waals surface area contributed by atoms with Crippen LogP contribution in [0.15, 0.2) is 135 Å². The van der Waals surface area contributed by atoms with Gasteiger partial charge in [0, 0.05) is 22.9 Å². The summed E-state index contributed by atoms with van der Waals surface area (Å²) in [6.07, 6.45) is 0. The highest BCUT2D eigenvalue weighted by molar-refractivity contribution is 7.86. The molecule has 0 aliphatic rings. The van der Waals surface area contributed by atoms with Crippen LogP contribution in [0, 0.1) is 0 Å². The van der Waals surface area contributed by atoms with E-state index >= 15 is 0 Å². The Labute approximate surface area is 338 Å². The number of nitrogens with zero attached hydrogens (tertiary/aromatic N) is 6. The molecule has 0 spiro atoms. The number of rotatable bonds is 12. The summed E-state index contributed by atoms with van der Waals surface area (Å²) in [5, 5.41) is 45.1. The first kappa shape index (κ1) is 43.1. The van der Waals surface area contributed by atoms with Gasteiger partial charge < -0.3 is 19.7 Å². The van der Waals surface area contributed by atoms with Crippen molar-refractivity contribution in [3.8, 4) is 23.0 Å². The van der Waals surface area contributed by atoms with Gasteiger partial charge in [-0.25, -0.2) is 0 Å². The van der Waals surface area contributed by atoms with E-state index < -0.39 is 82.9 Å². The van der Waals surface area contributed by atoms with Gasteiger partial charge in [-0.3, -0.25) is 18.2 Å². The standard InChI is InChI=1S/C34H26N6O16S4/c1-55-27-15-19(3-9-25(27)37-39-31-29(59(49,50)51)13-17-11-21(57(43,44)45)5-7-23(17)33(31)41)35-36-20-4-10-26(28(16-20)56-2)38-40-32-30(60(52,53)54)14-18-12-22(58(46,47)48)6-8-24(18)34(32)42/h3-16,41-42H,1-2H3,(H,43,44,45)(H,46,47,48)(H,49,50,51)(H,52,53,54). The molecule has 0 unspecified atom stereocenters. The van der Waals surface area contributed by atoms with Gasteiger partial charge in [0.15, 0.2) is 11.5 Å². The van der Waals surface area contributed by atoms with Crippen molar-refractivity contribution in [3.63, 3.8) is 0 Å². The third-order valence-electron chi connectivity index (χ3n) is 8.32. The Morgan fingerprint density at radius 2 is 0.800 bits per heavy atom. The summed E-state index contributed by atoms with van der Waals surface area (Å²) in [7, 11) is -17.0. The lowest BCUT2D eigenvalue weighted by atomic mass is 10.1. The van der Waals surface area contributed by atoms with Gasteiger partial charge in [0.05, 0.1) is 35.4 Å². The molecule has 0 fully saturated rings. The number of phenolic OH excluding ortho intramolecular Hbond substituents is 2. The smallest absolute Gasteiger partial charge is 0.296 e. The fraction of sp³-hybridized carbons (Fsp3) is 0.0588. The third-order valence-corrected chi connectivity index (χ3v) is 11.8. The van der Waals surface area contributed by atoms with Crippen LogP contribution in [-0.2, 0) is 40.5 Å². The molecule has 6 aromatic carbocycles. The maximum atomic E-state index is 12.2. The van der Waals surface area contributed by atoms with Crippen molar-refractivity contribution in [1.82, 2.24) is 0 Å². The van der Waals surface area contributed by atoms with Gasteiger partial charge in [-0.05, 0) is 83.6 Å². The van der Waals surface area contributed by atoms with E-state index in [1.165, 1.54) is 50.6 Å². The zero-order chi connectivity index (χ0) is 43.9. The molecule has 0 amide bonds. The van der Waals surface area contributed by atoms with Crippen LogP contribution in [0.1, 0.15) is 0 Å². The second-order valence-corrected chi connectivity index (χ2v) is 17.7. The number of methoxy groups -OCH3 is 2. The van der Waals surface area contributed by atoms with Crippen LogP contribution in [0.25, 0.3) is 21.5 Å². The summed E-state index contributed by atoms with van der Waals surface area (Å²) in [6.45, 7) is 0. The van der Waals surface area contributed by atoms with Crippen molar-refractivity contribution in [3.05, 3.63) is 84.9 Å². The highest BCUT2D eigenvalue weighted by atomic mass is 32.2. The molecule has 6 rings (SSSR count). The van der Waals surface area contributed by atoms with Crippen LogP contribution in [0.3, 0.4) is 0 Å². The first-order valence-corrected chi connectivity index (χ1v) is 21.9. The van der Waals surface area contributed by atoms with Crippen molar-refractivity contribution < 1.29 is 71.6 Å². The maximum Gasteiger partial charge on any atom is 0.296 e. The Kier molecular flexibility index (Phi) is 11.4. The molecule has 0 aliphatic heterocycles. The summed E-state index contributed by atoms with van der Waals surface area (Å²) in [5.41, 5.74) is -1.01. The summed E-state index contributed by atoms with van der Waals surface area (Å²) >= 11 is 0. The SMILES string of the molecule is COc1cc(N=Nc2ccc(N=Nc3c(S(=O)(=O)O)cc4cc(S(=O)(=O)O)ccc4c3O)c(OC)c2)ccc1N=Nc1c(S(=O)(=O)O)cc2cc(S(=O)(=O)O)ccc2c1O. The number of aromatic hydroxyl groups is 2. The molecule has 60 heavy (non-hydrogen) atoms. The van der Waals surface area contributed by atoms with Gasteiger partial charge in [-0.1, -0.05) is 0 Å². The maximum absolute atomic E-state index is 12.2. The van der Waals surface area contributed by atoms with E-state index in [4.69, 9.17) is 9.47 Å². The fourth-order valence-corrected chi connectivity index (χ4v) is 7.86. The molecule has 22 nitrogen and oxygen atoms in total. The summed E-state index contributed by atoms with van der Waals surface area (Å²) in [5.74, 6) is -1.50. The summed E-state index contributed by atoms with van der Waals surface area (Å²) < 4.78 is 144. The molecule has 0 aliphatic carbocycles. The topological polar surface area (TPSA) is 351 Å². The molecule has 6 N–H and O–H groups in total. The number of hydrogen-bond acceptors (Lipinski definition) is 18. The number of fused-ring (bicyclic) bond motifs is 2. The number of phenols is 2. The highest BCUT2D eigenvalue weighted by Crippen LogP contribution is 2.45. The lowest BCUT2D eigenvalue weighted by Gasteiger charge is -2.10. The van der Waals surface area contributed by atoms with E-state index in [2.05, 4.69) is 30.7 Å². The quantitative estimate of drug-likeness (QED) is 0.0507. The minimum absolute atomic E-state index is 0.00667. The molecular formula is C34H26N6O16S4. The van der Waals surface area contributed by atoms with Crippen LogP contribution < -0.4 is 9.47 Å². The zero-order valence-corrected chi connectivity index (χ0v) is 33.4. The van der Waals surface area contributed by atoms with Crippen molar-refractivity contribution in [2.24, 2.45) is 30.7 Å². The van der Waals surface area contributed by atoms with E-state index in [0.717, 1.165) is 48.5 Å². The molecule has 6 aromatic rings. The lowest BCUT2D eigenvalue weighted by molar-refractivity contribution is 0.415. The molecule has 312 valence electrons. The molecular weight excluding hydrogens is 877 g/mol. The van der Waals surface area contributed by atoms with Crippen LogP contribution in [0.5, 0.6) is 23.0 Å². The highest BCUT2D eigenvalue weighted by Gasteiger charge is 2.25. The number of azo groups is 3. The lowest BCUT2D eigenvalue weighted by Crippen LogP contribution is -2.00. The van der Waals surface area contributed by atoms with Gasteiger partial charge in [-0.2, -0.15) is 43.9 Å². The molecule has 0 saturated heterocycles. The Hall–Kier alpha value is -6.52. The molecule has 0 aromatic heterocycles. The minimum Gasteiger partial charge on any atom is -0.505 e. The van der Waals surface area contributed by atoms with E-state index in [-0.39, 0.29) is 55.8 Å². The molecule has 0 bridgehead atoms. The second-order valence-electron chi connectivity index (χ2n) is 12.1. The first-order chi connectivity index (χ1) is 28.0. The van der Waals surface area contributed by atoms with Crippen molar-refractivity contribution in [2.75, 3.05) is 14.2 Å². The largest absolute Gasteiger partial charge is 0.505 e. The fourth-order valence-electron chi connectivity index (χ4n) is 5.51. The second kappa shape index (κ2) is 15.9. The third kappa shape index (κ3) is 9.04. The summed E-state index contributed by atoms with van der Waals surface area (Å²) in [6, 6.07) is 15.8. The number of hydrogen-bond donors (Lipinski definition) is 6. The van der Waals surface area contributed by atoms with Crippen molar-refractivity contribution in [1.29, 1.82) is 0 Å². The number of benzene rings is 6. The predicted octanol–water partition coefficient (Wildman–Crippen LogP) is 7.65. The Bertz CT molecular complexity index is 3100. The van der Waals surface area contributed by atoms with Crippen LogP contribution >= 0.6 is 0 Å². The average Bonchev–Trinajstić information content (AvgIpc) is 3.17. The first-order valence-electron chi connectivity index (χ1n) is 16.1. The van der Waals surface area contributed by atoms with Crippen LogP contribution in [0.2, 0.25) is 0 Å². The molecule has 0 radical (unpaired) electrons. The van der Waals surface area contributed by atoms with E-state index in [1.54, 1.807) is 0 Å². The van der Waals surface area contributed by atoms with Gasteiger partial charge in [-0.15, -0.1) is 20.5 Å². The predicted molar refractivity (Wildman–Crippen MR) is 209 cm³/mol. The Morgan fingerprint density at radius 1 is 0.433 bits per heavy atom. The monoisotopic (exact) mass is 902 g/mol. The van der Waals surface area contributed by atoms with Gasteiger partial charge in [0.1, 0.15) is 44.0 Å². The van der Waals surface area contributed by atoms with Gasteiger partial charge in [0.25, 0.3) is 40.5 Å². The Balaban J connectivity index is 1.28. The Morgan fingerprint density at radius 3 is 1.12 bits per heavy atom. The van der Waals surface area contributed by atoms with Gasteiger partial charge >= 0.3 is 0 Å². The van der Waals surface area contributed by atoms with Crippen LogP contribution in [0.4, 0.5) is 34.1 Å². The average molecular weight is 903 g/mol. The number of ether oxygens (including phenoxy) is 2. The normalized spacial score (nSPS) is 13.0. The molecule has 0 saturated carbocycles. The van der Waals surface area contributed by atoms with E-state index in [1.807, 2.05) is 0 Å². The molecule has 0 atom stereocenters. The molecule has 0 heterocycles. The van der Waals surface area contributed by atoms with Crippen molar-refractivity contribution in [2.45, 2.75) is 19.6 Å².